The predicted octanol–water partition coefficient (Wildman–Crippen LogP) is 4.41. The van der Waals surface area contributed by atoms with Crippen LogP contribution in [0.25, 0.3) is 0 Å². The van der Waals surface area contributed by atoms with Crippen LogP contribution in [-0.2, 0) is 10.0 Å². The average Bonchev–Trinajstić information content (AvgIpc) is 2.64. The van der Waals surface area contributed by atoms with Crippen molar-refractivity contribution in [1.82, 2.24) is 5.32 Å². The van der Waals surface area contributed by atoms with Gasteiger partial charge >= 0.3 is 0 Å². The Labute approximate surface area is 176 Å². The number of halogens is 1. The Hall–Kier alpha value is -2.38. The lowest BCUT2D eigenvalue weighted by atomic mass is 10.1. The molecule has 1 amide bonds. The molecule has 1 heterocycles. The number of anilines is 1. The second kappa shape index (κ2) is 8.16. The van der Waals surface area contributed by atoms with Crippen LogP contribution < -0.4 is 10.2 Å². The molecule has 0 radical (unpaired) electrons. The molecule has 0 bridgehead atoms. The first-order valence-electron chi connectivity index (χ1n) is 9.38. The summed E-state index contributed by atoms with van der Waals surface area (Å²) in [7, 11) is -3.85. The van der Waals surface area contributed by atoms with Crippen molar-refractivity contribution < 1.29 is 13.2 Å². The van der Waals surface area contributed by atoms with Crippen molar-refractivity contribution >= 4 is 39.1 Å². The Kier molecular flexibility index (Phi) is 6.00. The molecular formula is C21H24ClN3O3S. The molecule has 8 heteroatoms. The monoisotopic (exact) mass is 433 g/mol. The number of nitrogens with zero attached hydrogens (tertiary/aromatic N) is 2. The summed E-state index contributed by atoms with van der Waals surface area (Å²) in [6.45, 7) is 8.27. The average molecular weight is 434 g/mol. The van der Waals surface area contributed by atoms with Gasteiger partial charge in [0.05, 0.1) is 11.7 Å². The summed E-state index contributed by atoms with van der Waals surface area (Å²) in [4.78, 5) is 14.7. The summed E-state index contributed by atoms with van der Waals surface area (Å²) < 4.78 is 29.1. The van der Waals surface area contributed by atoms with Crippen molar-refractivity contribution in [3.63, 3.8) is 0 Å². The van der Waals surface area contributed by atoms with E-state index in [0.29, 0.717) is 29.0 Å². The van der Waals surface area contributed by atoms with Gasteiger partial charge in [0, 0.05) is 17.1 Å². The van der Waals surface area contributed by atoms with Gasteiger partial charge in [0.25, 0.3) is 15.9 Å². The van der Waals surface area contributed by atoms with Crippen molar-refractivity contribution in [3.05, 3.63) is 58.6 Å². The lowest BCUT2D eigenvalue weighted by Crippen LogP contribution is -2.37. The van der Waals surface area contributed by atoms with Crippen LogP contribution in [0, 0.1) is 5.92 Å². The number of carbonyl (C=O) groups is 1. The first-order valence-corrected chi connectivity index (χ1v) is 11.2. The summed E-state index contributed by atoms with van der Waals surface area (Å²) in [5.41, 5.74) is 1.72. The maximum atomic E-state index is 12.7. The maximum Gasteiger partial charge on any atom is 0.286 e. The molecule has 0 fully saturated rings. The van der Waals surface area contributed by atoms with E-state index in [1.54, 1.807) is 31.2 Å². The minimum absolute atomic E-state index is 0.0514. The smallest absolute Gasteiger partial charge is 0.286 e. The highest BCUT2D eigenvalue weighted by Gasteiger charge is 2.30. The lowest BCUT2D eigenvalue weighted by Gasteiger charge is -2.31. The topological polar surface area (TPSA) is 78.8 Å². The van der Waals surface area contributed by atoms with E-state index >= 15 is 0 Å². The number of carbonyl (C=O) groups excluding carboxylic acids is 1. The van der Waals surface area contributed by atoms with E-state index in [-0.39, 0.29) is 22.4 Å². The Morgan fingerprint density at radius 2 is 1.79 bits per heavy atom. The molecule has 0 spiro atoms. The van der Waals surface area contributed by atoms with Crippen LogP contribution in [0.4, 0.5) is 5.69 Å². The first-order chi connectivity index (χ1) is 13.6. The molecule has 0 saturated heterocycles. The fraction of sp³-hybridized carbons (Fsp3) is 0.333. The highest BCUT2D eigenvalue weighted by molar-refractivity contribution is 7.90. The van der Waals surface area contributed by atoms with Crippen LogP contribution in [0.5, 0.6) is 0 Å². The van der Waals surface area contributed by atoms with Gasteiger partial charge in [-0.15, -0.1) is 4.40 Å². The van der Waals surface area contributed by atoms with Crippen LogP contribution in [-0.4, -0.2) is 26.7 Å². The number of nitrogens with one attached hydrogen (secondary N) is 1. The summed E-state index contributed by atoms with van der Waals surface area (Å²) >= 11 is 5.91. The van der Waals surface area contributed by atoms with E-state index in [1.807, 2.05) is 24.0 Å². The molecule has 29 heavy (non-hydrogen) atoms. The molecule has 1 N–H and O–H groups in total. The Morgan fingerprint density at radius 3 is 2.41 bits per heavy atom. The predicted molar refractivity (Wildman–Crippen MR) is 116 cm³/mol. The number of sulfonamides is 1. The first kappa shape index (κ1) is 21.3. The van der Waals surface area contributed by atoms with E-state index in [1.165, 1.54) is 6.07 Å². The highest BCUT2D eigenvalue weighted by Crippen LogP contribution is 2.33. The third-order valence-corrected chi connectivity index (χ3v) is 6.34. The second-order valence-electron chi connectivity index (χ2n) is 7.55. The van der Waals surface area contributed by atoms with Crippen LogP contribution >= 0.6 is 11.6 Å². The van der Waals surface area contributed by atoms with Gasteiger partial charge in [0.2, 0.25) is 0 Å². The van der Waals surface area contributed by atoms with Crippen molar-refractivity contribution in [2.45, 2.75) is 38.6 Å². The molecule has 0 unspecified atom stereocenters. The minimum atomic E-state index is -3.85. The van der Waals surface area contributed by atoms with E-state index in [2.05, 4.69) is 23.6 Å². The van der Waals surface area contributed by atoms with Crippen molar-refractivity contribution in [2.24, 2.45) is 10.3 Å². The number of hydrogen-bond donors (Lipinski definition) is 1. The number of rotatable bonds is 5. The SMILES string of the molecule is CC1=NS(=O)(=O)c2cc(C(=O)N[C@@H](C)c3ccc(Cl)cc3)ccc2N1CC(C)C. The van der Waals surface area contributed by atoms with Crippen molar-refractivity contribution in [3.8, 4) is 0 Å². The molecule has 2 aromatic carbocycles. The molecule has 154 valence electrons. The quantitative estimate of drug-likeness (QED) is 0.757. The van der Waals surface area contributed by atoms with Gasteiger partial charge in [0.15, 0.2) is 0 Å². The fourth-order valence-electron chi connectivity index (χ4n) is 3.24. The number of hydrogen-bond acceptors (Lipinski definition) is 4. The molecule has 0 aromatic heterocycles. The third-order valence-electron chi connectivity index (χ3n) is 4.70. The van der Waals surface area contributed by atoms with Gasteiger partial charge < -0.3 is 10.2 Å². The minimum Gasteiger partial charge on any atom is -0.346 e. The third kappa shape index (κ3) is 4.62. The van der Waals surface area contributed by atoms with Gasteiger partial charge in [-0.1, -0.05) is 37.6 Å². The summed E-state index contributed by atoms with van der Waals surface area (Å²) in [6.07, 6.45) is 0. The van der Waals surface area contributed by atoms with Gasteiger partial charge in [-0.2, -0.15) is 8.42 Å². The maximum absolute atomic E-state index is 12.7. The Morgan fingerprint density at radius 1 is 1.14 bits per heavy atom. The molecule has 1 atom stereocenters. The van der Waals surface area contributed by atoms with Crippen molar-refractivity contribution in [2.75, 3.05) is 11.4 Å². The Bertz CT molecular complexity index is 1060. The Balaban J connectivity index is 1.89. The summed E-state index contributed by atoms with van der Waals surface area (Å²) in [5.74, 6) is 0.393. The molecule has 0 aliphatic carbocycles. The number of benzene rings is 2. The number of fused-ring (bicyclic) bond motifs is 1. The highest BCUT2D eigenvalue weighted by atomic mass is 35.5. The zero-order chi connectivity index (χ0) is 21.3. The van der Waals surface area contributed by atoms with Gasteiger partial charge in [-0.25, -0.2) is 0 Å². The number of amides is 1. The van der Waals surface area contributed by atoms with Crippen LogP contribution in [0.2, 0.25) is 5.02 Å². The zero-order valence-corrected chi connectivity index (χ0v) is 18.4. The largest absolute Gasteiger partial charge is 0.346 e. The molecule has 1 aliphatic rings. The molecule has 0 saturated carbocycles. The van der Waals surface area contributed by atoms with Crippen LogP contribution in [0.15, 0.2) is 51.8 Å². The van der Waals surface area contributed by atoms with E-state index in [4.69, 9.17) is 11.6 Å². The normalized spacial score (nSPS) is 16.2. The van der Waals surface area contributed by atoms with E-state index in [9.17, 15) is 13.2 Å². The molecular weight excluding hydrogens is 410 g/mol. The van der Waals surface area contributed by atoms with E-state index in [0.717, 1.165) is 5.56 Å². The van der Waals surface area contributed by atoms with Gasteiger partial charge in [-0.05, 0) is 55.7 Å². The second-order valence-corrected chi connectivity index (χ2v) is 9.56. The number of amidine groups is 1. The summed E-state index contributed by atoms with van der Waals surface area (Å²) in [5, 5.41) is 3.51. The fourth-order valence-corrected chi connectivity index (χ4v) is 4.63. The standard InChI is InChI=1S/C21H24ClN3O3S/c1-13(2)12-25-15(4)24-29(27,28)20-11-17(7-10-19(20)25)21(26)23-14(3)16-5-8-18(22)9-6-16/h5-11,13-14H,12H2,1-4H3,(H,23,26)/t14-/m0/s1. The lowest BCUT2D eigenvalue weighted by molar-refractivity contribution is 0.0939. The van der Waals surface area contributed by atoms with Crippen LogP contribution in [0.1, 0.15) is 49.7 Å². The van der Waals surface area contributed by atoms with Gasteiger partial charge in [0.1, 0.15) is 10.7 Å². The molecule has 1 aliphatic heterocycles. The van der Waals surface area contributed by atoms with Gasteiger partial charge in [-0.3, -0.25) is 4.79 Å². The van der Waals surface area contributed by atoms with Crippen molar-refractivity contribution in [1.29, 1.82) is 0 Å². The van der Waals surface area contributed by atoms with E-state index < -0.39 is 10.0 Å². The molecule has 2 aromatic rings. The van der Waals surface area contributed by atoms with Crippen LogP contribution in [0.3, 0.4) is 0 Å². The molecule has 3 rings (SSSR count). The molecule has 6 nitrogen and oxygen atoms in total. The summed E-state index contributed by atoms with van der Waals surface area (Å²) in [6, 6.07) is 11.7. The zero-order valence-electron chi connectivity index (χ0n) is 16.8.